The van der Waals surface area contributed by atoms with Crippen molar-refractivity contribution in [3.8, 4) is 0 Å². The molecule has 25 heavy (non-hydrogen) atoms. The van der Waals surface area contributed by atoms with Crippen LogP contribution >= 0.6 is 11.3 Å². The molecule has 134 valence electrons. The van der Waals surface area contributed by atoms with Gasteiger partial charge in [0.05, 0.1) is 0 Å². The van der Waals surface area contributed by atoms with Crippen LogP contribution in [0.3, 0.4) is 0 Å². The summed E-state index contributed by atoms with van der Waals surface area (Å²) in [5, 5.41) is 20.4. The van der Waals surface area contributed by atoms with Crippen LogP contribution in [0.1, 0.15) is 61.6 Å². The maximum atomic E-state index is 11.7. The van der Waals surface area contributed by atoms with Crippen molar-refractivity contribution in [2.24, 2.45) is 0 Å². The van der Waals surface area contributed by atoms with Gasteiger partial charge >= 0.3 is 0 Å². The third kappa shape index (κ3) is 5.33. The monoisotopic (exact) mass is 362 g/mol. The van der Waals surface area contributed by atoms with E-state index in [-0.39, 0.29) is 24.7 Å². The molecule has 7 nitrogen and oxygen atoms in total. The molecule has 0 radical (unpaired) electrons. The molecule has 1 atom stereocenters. The van der Waals surface area contributed by atoms with Gasteiger partial charge in [-0.15, -0.1) is 10.2 Å². The minimum atomic E-state index is -0.605. The highest BCUT2D eigenvalue weighted by atomic mass is 32.1. The van der Waals surface area contributed by atoms with Crippen molar-refractivity contribution in [3.63, 3.8) is 0 Å². The van der Waals surface area contributed by atoms with Crippen LogP contribution in [0.2, 0.25) is 0 Å². The summed E-state index contributed by atoms with van der Waals surface area (Å²) in [6.45, 7) is 6.35. The summed E-state index contributed by atoms with van der Waals surface area (Å²) in [5.41, 5.74) is 3.91. The normalized spacial score (nSPS) is 12.0. The predicted molar refractivity (Wildman–Crippen MR) is 95.7 cm³/mol. The second kappa shape index (κ2) is 8.68. The number of nitrogens with one attached hydrogen (secondary N) is 2. The molecular formula is C17H22N4O3S. The lowest BCUT2D eigenvalue weighted by molar-refractivity contribution is -0.131. The summed E-state index contributed by atoms with van der Waals surface area (Å²) in [4.78, 5) is 22.7. The fourth-order valence-corrected chi connectivity index (χ4v) is 3.08. The molecule has 3 N–H and O–H groups in total. The molecule has 1 unspecified atom stereocenters. The molecule has 0 aliphatic rings. The van der Waals surface area contributed by atoms with E-state index in [1.54, 1.807) is 0 Å². The Bertz CT molecular complexity index is 728. The second-order valence-corrected chi connectivity index (χ2v) is 7.08. The maximum Gasteiger partial charge on any atom is 0.243 e. The van der Waals surface area contributed by atoms with Crippen molar-refractivity contribution in [2.75, 3.05) is 5.32 Å². The molecule has 1 heterocycles. The van der Waals surface area contributed by atoms with Crippen molar-refractivity contribution in [1.82, 2.24) is 15.7 Å². The van der Waals surface area contributed by atoms with E-state index >= 15 is 0 Å². The number of hydrogen-bond acceptors (Lipinski definition) is 6. The van der Waals surface area contributed by atoms with E-state index < -0.39 is 5.91 Å². The fourth-order valence-electron chi connectivity index (χ4n) is 2.24. The molecule has 0 aliphatic carbocycles. The molecule has 8 heteroatoms. The standard InChI is InChI=1S/C17H22N4O3S/c1-10(2)12-4-6-13(7-5-12)11(3)16-19-20-17(25-16)18-14(22)8-9-15(23)21-24/h4-7,10-11,24H,8-9H2,1-3H3,(H,21,23)(H,18,20,22). The van der Waals surface area contributed by atoms with Crippen LogP contribution in [0.15, 0.2) is 24.3 Å². The van der Waals surface area contributed by atoms with Crippen molar-refractivity contribution >= 4 is 28.3 Å². The molecule has 2 aromatic rings. The van der Waals surface area contributed by atoms with Crippen LogP contribution in [0, 0.1) is 0 Å². The van der Waals surface area contributed by atoms with Gasteiger partial charge in [-0.1, -0.05) is 56.4 Å². The first-order valence-corrected chi connectivity index (χ1v) is 8.88. The molecule has 0 saturated heterocycles. The van der Waals surface area contributed by atoms with E-state index in [0.717, 1.165) is 10.6 Å². The number of carbonyl (C=O) groups excluding carboxylic acids is 2. The predicted octanol–water partition coefficient (Wildman–Crippen LogP) is 3.04. The number of rotatable bonds is 7. The molecule has 0 fully saturated rings. The summed E-state index contributed by atoms with van der Waals surface area (Å²) in [7, 11) is 0. The van der Waals surface area contributed by atoms with Crippen molar-refractivity contribution in [2.45, 2.75) is 45.4 Å². The van der Waals surface area contributed by atoms with Crippen LogP contribution in [0.5, 0.6) is 0 Å². The van der Waals surface area contributed by atoms with E-state index in [2.05, 4.69) is 53.6 Å². The largest absolute Gasteiger partial charge is 0.301 e. The third-order valence-electron chi connectivity index (χ3n) is 3.86. The zero-order valence-corrected chi connectivity index (χ0v) is 15.3. The molecule has 1 aromatic carbocycles. The summed E-state index contributed by atoms with van der Waals surface area (Å²) in [5.74, 6) is -0.392. The number of amides is 2. The number of benzene rings is 1. The molecular weight excluding hydrogens is 340 g/mol. The lowest BCUT2D eigenvalue weighted by atomic mass is 9.97. The maximum absolute atomic E-state index is 11.7. The van der Waals surface area contributed by atoms with Crippen LogP contribution in [-0.2, 0) is 9.59 Å². The zero-order chi connectivity index (χ0) is 18.4. The summed E-state index contributed by atoms with van der Waals surface area (Å²) >= 11 is 1.31. The highest BCUT2D eigenvalue weighted by Crippen LogP contribution is 2.29. The number of nitrogens with zero attached hydrogens (tertiary/aromatic N) is 2. The number of hydrogen-bond donors (Lipinski definition) is 3. The lowest BCUT2D eigenvalue weighted by Crippen LogP contribution is -2.21. The van der Waals surface area contributed by atoms with E-state index in [0.29, 0.717) is 11.0 Å². The summed E-state index contributed by atoms with van der Waals surface area (Å²) in [6.07, 6.45) is -0.125. The number of carbonyl (C=O) groups is 2. The van der Waals surface area contributed by atoms with Crippen LogP contribution < -0.4 is 10.8 Å². The summed E-state index contributed by atoms with van der Waals surface area (Å²) in [6, 6.07) is 8.42. The SMILES string of the molecule is CC(C)c1ccc(C(C)c2nnc(NC(=O)CCC(=O)NO)s2)cc1. The Morgan fingerprint density at radius 1 is 1.04 bits per heavy atom. The quantitative estimate of drug-likeness (QED) is 0.519. The third-order valence-corrected chi connectivity index (χ3v) is 4.89. The van der Waals surface area contributed by atoms with Crippen molar-refractivity contribution in [3.05, 3.63) is 40.4 Å². The molecule has 0 saturated carbocycles. The fraction of sp³-hybridized carbons (Fsp3) is 0.412. The van der Waals surface area contributed by atoms with Crippen LogP contribution in [-0.4, -0.2) is 27.2 Å². The van der Waals surface area contributed by atoms with Crippen molar-refractivity contribution in [1.29, 1.82) is 0 Å². The molecule has 2 rings (SSSR count). The van der Waals surface area contributed by atoms with Gasteiger partial charge in [-0.25, -0.2) is 5.48 Å². The minimum Gasteiger partial charge on any atom is -0.301 e. The average Bonchev–Trinajstić information content (AvgIpc) is 3.07. The Labute approximate surface area is 150 Å². The van der Waals surface area contributed by atoms with Crippen LogP contribution in [0.4, 0.5) is 5.13 Å². The van der Waals surface area contributed by atoms with Gasteiger partial charge in [0.15, 0.2) is 0 Å². The van der Waals surface area contributed by atoms with Gasteiger partial charge in [0.25, 0.3) is 0 Å². The Morgan fingerprint density at radius 2 is 1.64 bits per heavy atom. The van der Waals surface area contributed by atoms with Gasteiger partial charge in [-0.2, -0.15) is 0 Å². The first-order valence-electron chi connectivity index (χ1n) is 8.06. The van der Waals surface area contributed by atoms with E-state index in [4.69, 9.17) is 5.21 Å². The summed E-state index contributed by atoms with van der Waals surface area (Å²) < 4.78 is 0. The average molecular weight is 362 g/mol. The molecule has 2 amide bonds. The molecule has 1 aromatic heterocycles. The topological polar surface area (TPSA) is 104 Å². The van der Waals surface area contributed by atoms with Gasteiger partial charge in [0.1, 0.15) is 5.01 Å². The Hall–Kier alpha value is -2.32. The lowest BCUT2D eigenvalue weighted by Gasteiger charge is -2.10. The van der Waals surface area contributed by atoms with Gasteiger partial charge in [0, 0.05) is 18.8 Å². The first kappa shape index (κ1) is 19.0. The van der Waals surface area contributed by atoms with Gasteiger partial charge in [-0.05, 0) is 17.0 Å². The minimum absolute atomic E-state index is 0.0342. The van der Waals surface area contributed by atoms with E-state index in [9.17, 15) is 9.59 Å². The Morgan fingerprint density at radius 3 is 2.24 bits per heavy atom. The molecule has 0 aliphatic heterocycles. The van der Waals surface area contributed by atoms with Crippen molar-refractivity contribution < 1.29 is 14.8 Å². The number of anilines is 1. The molecule has 0 spiro atoms. The smallest absolute Gasteiger partial charge is 0.243 e. The Balaban J connectivity index is 1.97. The highest BCUT2D eigenvalue weighted by Gasteiger charge is 2.16. The Kier molecular flexibility index (Phi) is 6.60. The zero-order valence-electron chi connectivity index (χ0n) is 14.4. The molecule has 0 bridgehead atoms. The van der Waals surface area contributed by atoms with Gasteiger partial charge in [0.2, 0.25) is 16.9 Å². The number of aromatic nitrogens is 2. The van der Waals surface area contributed by atoms with E-state index in [1.807, 2.05) is 6.92 Å². The second-order valence-electron chi connectivity index (χ2n) is 6.07. The van der Waals surface area contributed by atoms with Gasteiger partial charge < -0.3 is 5.32 Å². The number of hydroxylamine groups is 1. The van der Waals surface area contributed by atoms with E-state index in [1.165, 1.54) is 22.4 Å². The highest BCUT2D eigenvalue weighted by molar-refractivity contribution is 7.15. The van der Waals surface area contributed by atoms with Crippen LogP contribution in [0.25, 0.3) is 0 Å². The first-order chi connectivity index (χ1) is 11.9. The van der Waals surface area contributed by atoms with Gasteiger partial charge in [-0.3, -0.25) is 14.8 Å².